The van der Waals surface area contributed by atoms with Crippen molar-refractivity contribution in [2.45, 2.75) is 72.5 Å². The minimum Gasteiger partial charge on any atom is -0.366 e. The summed E-state index contributed by atoms with van der Waals surface area (Å²) < 4.78 is 2.81. The van der Waals surface area contributed by atoms with Crippen LogP contribution in [0.4, 0.5) is 22.7 Å². The van der Waals surface area contributed by atoms with Crippen molar-refractivity contribution in [2.24, 2.45) is 29.6 Å². The van der Waals surface area contributed by atoms with Gasteiger partial charge in [0.15, 0.2) is 8.24 Å². The van der Waals surface area contributed by atoms with Gasteiger partial charge in [0.1, 0.15) is 0 Å². The molecule has 2 aliphatic carbocycles. The molecule has 1 N–H and O–H groups in total. The molecule has 2 aromatic rings. The first-order valence-corrected chi connectivity index (χ1v) is 16.9. The molecule has 0 bridgehead atoms. The van der Waals surface area contributed by atoms with E-state index in [-0.39, 0.29) is 0 Å². The third kappa shape index (κ3) is 4.10. The molecule has 186 valence electrons. The average molecular weight is 485 g/mol. The number of nitrogens with one attached hydrogen (secondary N) is 1. The zero-order valence-electron chi connectivity index (χ0n) is 22.8. The SMILES string of the molecule is CCC[C@H]1CC([Si](C)(C)N2c3ccccc3Nc3ccccc32)[C@H]2C=C(C(C)C)C=C(C(C)C)[C@@H]12. The Bertz CT molecular complexity index is 1100. The van der Waals surface area contributed by atoms with E-state index in [1.165, 1.54) is 42.0 Å². The predicted octanol–water partition coefficient (Wildman–Crippen LogP) is 9.69. The minimum absolute atomic E-state index is 0.584. The zero-order chi connectivity index (χ0) is 24.9. The monoisotopic (exact) mass is 484 g/mol. The van der Waals surface area contributed by atoms with E-state index in [2.05, 4.69) is 118 Å². The largest absolute Gasteiger partial charge is 0.366 e. The van der Waals surface area contributed by atoms with Crippen molar-refractivity contribution in [1.29, 1.82) is 0 Å². The molecule has 3 heteroatoms. The van der Waals surface area contributed by atoms with Gasteiger partial charge in [-0.15, -0.1) is 0 Å². The third-order valence-electron chi connectivity index (χ3n) is 9.08. The summed E-state index contributed by atoms with van der Waals surface area (Å²) in [6.45, 7) is 17.3. The van der Waals surface area contributed by atoms with Crippen LogP contribution in [0.15, 0.2) is 71.8 Å². The van der Waals surface area contributed by atoms with E-state index in [1.54, 1.807) is 11.1 Å². The molecule has 4 atom stereocenters. The lowest BCUT2D eigenvalue weighted by Crippen LogP contribution is -2.52. The maximum Gasteiger partial charge on any atom is 0.160 e. The van der Waals surface area contributed by atoms with E-state index in [0.29, 0.717) is 23.7 Å². The second-order valence-electron chi connectivity index (χ2n) is 12.3. The number of para-hydroxylation sites is 4. The summed E-state index contributed by atoms with van der Waals surface area (Å²) in [5, 5.41) is 3.72. The molecule has 2 nitrogen and oxygen atoms in total. The maximum atomic E-state index is 3.72. The van der Waals surface area contributed by atoms with E-state index in [1.807, 2.05) is 0 Å². The summed E-state index contributed by atoms with van der Waals surface area (Å²) in [6, 6.07) is 17.9. The second-order valence-corrected chi connectivity index (χ2v) is 16.8. The van der Waals surface area contributed by atoms with Crippen LogP contribution in [-0.4, -0.2) is 8.24 Å². The molecule has 0 saturated heterocycles. The molecule has 5 rings (SSSR count). The number of nitrogens with zero attached hydrogens (tertiary/aromatic N) is 1. The van der Waals surface area contributed by atoms with Gasteiger partial charge in [-0.05, 0) is 71.4 Å². The van der Waals surface area contributed by atoms with Crippen LogP contribution in [-0.2, 0) is 0 Å². The summed E-state index contributed by atoms with van der Waals surface area (Å²) in [7, 11) is -1.96. The number of benzene rings is 2. The standard InChI is InChI=1S/C32H44N2Si/c1-8-13-23-20-31(26-19-24(21(2)3)18-25(22(4)5)32(23)26)35(6,7)34-29-16-11-9-14-27(29)33-28-15-10-12-17-30(28)34/h9-12,14-19,21-23,26,31-33H,8,13,20H2,1-7H3/t23-,26+,31?,32+/m0/s1. The van der Waals surface area contributed by atoms with Crippen LogP contribution >= 0.6 is 0 Å². The first kappa shape index (κ1) is 24.4. The van der Waals surface area contributed by atoms with Crippen LogP contribution in [0.25, 0.3) is 0 Å². The van der Waals surface area contributed by atoms with Gasteiger partial charge >= 0.3 is 0 Å². The van der Waals surface area contributed by atoms with Crippen LogP contribution in [0.1, 0.15) is 53.9 Å². The number of hydrogen-bond donors (Lipinski definition) is 1. The highest BCUT2D eigenvalue weighted by atomic mass is 28.3. The van der Waals surface area contributed by atoms with Crippen molar-refractivity contribution in [3.63, 3.8) is 0 Å². The number of hydrogen-bond acceptors (Lipinski definition) is 2. The summed E-state index contributed by atoms with van der Waals surface area (Å²) in [5.74, 6) is 3.37. The Morgan fingerprint density at radius 1 is 0.914 bits per heavy atom. The Morgan fingerprint density at radius 2 is 1.51 bits per heavy atom. The molecule has 2 aromatic carbocycles. The molecule has 0 amide bonds. The van der Waals surface area contributed by atoms with E-state index in [0.717, 1.165) is 11.5 Å². The molecule has 0 aromatic heterocycles. The Morgan fingerprint density at radius 3 is 2.06 bits per heavy atom. The van der Waals surface area contributed by atoms with Crippen molar-refractivity contribution in [3.05, 3.63) is 71.8 Å². The highest BCUT2D eigenvalue weighted by Gasteiger charge is 2.54. The van der Waals surface area contributed by atoms with Crippen molar-refractivity contribution >= 4 is 31.0 Å². The molecular formula is C32H44N2Si. The van der Waals surface area contributed by atoms with E-state index >= 15 is 0 Å². The average Bonchev–Trinajstić information content (AvgIpc) is 3.21. The second kappa shape index (κ2) is 9.31. The van der Waals surface area contributed by atoms with Gasteiger partial charge in [-0.3, -0.25) is 0 Å². The number of rotatable bonds is 6. The third-order valence-corrected chi connectivity index (χ3v) is 13.2. The summed E-state index contributed by atoms with van der Waals surface area (Å²) in [4.78, 5) is 0. The minimum atomic E-state index is -1.96. The molecule has 35 heavy (non-hydrogen) atoms. The van der Waals surface area contributed by atoms with E-state index < -0.39 is 8.24 Å². The maximum absolute atomic E-state index is 3.72. The molecule has 1 aliphatic heterocycles. The molecule has 3 aliphatic rings. The van der Waals surface area contributed by atoms with Gasteiger partial charge in [-0.25, -0.2) is 0 Å². The van der Waals surface area contributed by atoms with E-state index in [4.69, 9.17) is 0 Å². The van der Waals surface area contributed by atoms with Crippen LogP contribution < -0.4 is 9.88 Å². The molecule has 0 radical (unpaired) electrons. The van der Waals surface area contributed by atoms with Gasteiger partial charge in [-0.2, -0.15) is 0 Å². The van der Waals surface area contributed by atoms with Gasteiger partial charge < -0.3 is 9.88 Å². The fourth-order valence-electron chi connectivity index (χ4n) is 7.42. The molecular weight excluding hydrogens is 440 g/mol. The summed E-state index contributed by atoms with van der Waals surface area (Å²) in [6.07, 6.45) is 9.34. The molecule has 1 saturated carbocycles. The van der Waals surface area contributed by atoms with Crippen molar-refractivity contribution in [2.75, 3.05) is 9.88 Å². The number of allylic oxidation sites excluding steroid dienone is 4. The zero-order valence-corrected chi connectivity index (χ0v) is 23.8. The fraction of sp³-hybridized carbons (Fsp3) is 0.500. The van der Waals surface area contributed by atoms with Gasteiger partial charge in [0.05, 0.1) is 22.7 Å². The lowest BCUT2D eigenvalue weighted by molar-refractivity contribution is 0.346. The fourth-order valence-corrected chi connectivity index (χ4v) is 11.5. The highest BCUT2D eigenvalue weighted by Crippen LogP contribution is 2.60. The smallest absolute Gasteiger partial charge is 0.160 e. The Kier molecular flexibility index (Phi) is 6.50. The van der Waals surface area contributed by atoms with Crippen molar-refractivity contribution in [1.82, 2.24) is 0 Å². The normalized spacial score (nSPS) is 25.6. The van der Waals surface area contributed by atoms with Crippen LogP contribution in [0.3, 0.4) is 0 Å². The molecule has 1 fully saturated rings. The first-order valence-electron chi connectivity index (χ1n) is 13.9. The predicted molar refractivity (Wildman–Crippen MR) is 155 cm³/mol. The topological polar surface area (TPSA) is 15.3 Å². The van der Waals surface area contributed by atoms with Crippen LogP contribution in [0.2, 0.25) is 18.6 Å². The summed E-state index contributed by atoms with van der Waals surface area (Å²) >= 11 is 0. The number of anilines is 4. The van der Waals surface area contributed by atoms with Gasteiger partial charge in [0, 0.05) is 0 Å². The van der Waals surface area contributed by atoms with Gasteiger partial charge in [0.2, 0.25) is 0 Å². The molecule has 0 spiro atoms. The Balaban J connectivity index is 1.64. The lowest BCUT2D eigenvalue weighted by atomic mass is 9.72. The molecule has 1 unspecified atom stereocenters. The Labute approximate surface area is 214 Å². The van der Waals surface area contributed by atoms with Gasteiger partial charge in [0.25, 0.3) is 0 Å². The van der Waals surface area contributed by atoms with Crippen LogP contribution in [0, 0.1) is 29.6 Å². The van der Waals surface area contributed by atoms with Crippen molar-refractivity contribution < 1.29 is 0 Å². The highest BCUT2D eigenvalue weighted by molar-refractivity contribution is 6.84. The quantitative estimate of drug-likeness (QED) is 0.410. The van der Waals surface area contributed by atoms with Crippen molar-refractivity contribution in [3.8, 4) is 0 Å². The summed E-state index contributed by atoms with van der Waals surface area (Å²) in [5.41, 5.74) is 9.24. The first-order chi connectivity index (χ1) is 16.7. The van der Waals surface area contributed by atoms with Gasteiger partial charge in [-0.1, -0.05) is 103 Å². The Hall–Kier alpha value is -2.26. The van der Waals surface area contributed by atoms with Crippen LogP contribution in [0.5, 0.6) is 0 Å². The number of fused-ring (bicyclic) bond motifs is 3. The molecule has 1 heterocycles. The lowest BCUT2D eigenvalue weighted by Gasteiger charge is -2.48. The van der Waals surface area contributed by atoms with E-state index in [9.17, 15) is 0 Å².